The number of fused-ring (bicyclic) bond motifs is 3. The van der Waals surface area contributed by atoms with Crippen molar-refractivity contribution in [3.8, 4) is 0 Å². The molecular formula is C14H10N6O. The van der Waals surface area contributed by atoms with Crippen LogP contribution in [0.25, 0.3) is 16.8 Å². The standard InChI is InChI=1S/C14H10N6O/c21-14-19(8-10-4-2-1-3-5-10)12-11(15-6-7-16-12)13-17-9-18-20(13)14/h1-7,9H,8H2. The van der Waals surface area contributed by atoms with E-state index in [2.05, 4.69) is 20.1 Å². The molecule has 0 N–H and O–H groups in total. The minimum Gasteiger partial charge on any atom is -0.270 e. The van der Waals surface area contributed by atoms with Gasteiger partial charge in [-0.15, -0.1) is 0 Å². The van der Waals surface area contributed by atoms with Gasteiger partial charge in [-0.25, -0.2) is 19.7 Å². The van der Waals surface area contributed by atoms with Crippen LogP contribution in [0.5, 0.6) is 0 Å². The van der Waals surface area contributed by atoms with Crippen molar-refractivity contribution < 1.29 is 0 Å². The maximum absolute atomic E-state index is 12.6. The molecule has 0 atom stereocenters. The summed E-state index contributed by atoms with van der Waals surface area (Å²) in [5.41, 5.74) is 2.22. The zero-order valence-electron chi connectivity index (χ0n) is 10.9. The highest BCUT2D eigenvalue weighted by atomic mass is 16.2. The van der Waals surface area contributed by atoms with E-state index in [1.54, 1.807) is 17.0 Å². The molecule has 0 aliphatic heterocycles. The smallest absolute Gasteiger partial charge is 0.270 e. The van der Waals surface area contributed by atoms with Gasteiger partial charge in [0, 0.05) is 12.4 Å². The summed E-state index contributed by atoms with van der Waals surface area (Å²) >= 11 is 0. The third kappa shape index (κ3) is 1.78. The van der Waals surface area contributed by atoms with Crippen LogP contribution in [0, 0.1) is 0 Å². The van der Waals surface area contributed by atoms with Gasteiger partial charge in [-0.05, 0) is 5.56 Å². The van der Waals surface area contributed by atoms with Gasteiger partial charge < -0.3 is 0 Å². The predicted molar refractivity (Wildman–Crippen MR) is 75.9 cm³/mol. The van der Waals surface area contributed by atoms with Crippen molar-refractivity contribution in [3.05, 3.63) is 65.1 Å². The molecule has 1 aromatic carbocycles. The van der Waals surface area contributed by atoms with E-state index in [-0.39, 0.29) is 5.69 Å². The van der Waals surface area contributed by atoms with Gasteiger partial charge in [0.1, 0.15) is 6.33 Å². The third-order valence-electron chi connectivity index (χ3n) is 3.29. The summed E-state index contributed by atoms with van der Waals surface area (Å²) in [6, 6.07) is 9.72. The molecule has 0 aliphatic rings. The first-order valence-electron chi connectivity index (χ1n) is 6.42. The largest absolute Gasteiger partial charge is 0.352 e. The number of benzene rings is 1. The van der Waals surface area contributed by atoms with Crippen LogP contribution in [0.15, 0.2) is 53.8 Å². The van der Waals surface area contributed by atoms with Crippen LogP contribution in [0.2, 0.25) is 0 Å². The van der Waals surface area contributed by atoms with Crippen molar-refractivity contribution in [3.63, 3.8) is 0 Å². The second kappa shape index (κ2) is 4.48. The number of hydrogen-bond acceptors (Lipinski definition) is 5. The van der Waals surface area contributed by atoms with E-state index >= 15 is 0 Å². The average molecular weight is 278 g/mol. The zero-order valence-corrected chi connectivity index (χ0v) is 10.9. The lowest BCUT2D eigenvalue weighted by Gasteiger charge is -2.09. The molecule has 3 heterocycles. The van der Waals surface area contributed by atoms with Gasteiger partial charge in [-0.3, -0.25) is 4.57 Å². The fourth-order valence-electron chi connectivity index (χ4n) is 2.34. The van der Waals surface area contributed by atoms with Crippen molar-refractivity contribution in [2.24, 2.45) is 0 Å². The SMILES string of the molecule is O=c1n(Cc2ccccc2)c2nccnc2c2ncnn12. The molecule has 0 unspecified atom stereocenters. The van der Waals surface area contributed by atoms with Crippen LogP contribution >= 0.6 is 0 Å². The fourth-order valence-corrected chi connectivity index (χ4v) is 2.34. The topological polar surface area (TPSA) is 78.0 Å². The molecule has 0 bridgehead atoms. The number of rotatable bonds is 2. The first kappa shape index (κ1) is 11.7. The van der Waals surface area contributed by atoms with E-state index in [4.69, 9.17) is 0 Å². The lowest BCUT2D eigenvalue weighted by molar-refractivity contribution is 0.706. The summed E-state index contributed by atoms with van der Waals surface area (Å²) < 4.78 is 2.80. The van der Waals surface area contributed by atoms with Crippen LogP contribution in [0.3, 0.4) is 0 Å². The predicted octanol–water partition coefficient (Wildman–Crippen LogP) is 0.882. The lowest BCUT2D eigenvalue weighted by Crippen LogP contribution is -2.29. The molecule has 0 aliphatic carbocycles. The van der Waals surface area contributed by atoms with E-state index in [0.29, 0.717) is 23.4 Å². The highest BCUT2D eigenvalue weighted by Crippen LogP contribution is 2.12. The van der Waals surface area contributed by atoms with Crippen LogP contribution in [0.4, 0.5) is 0 Å². The van der Waals surface area contributed by atoms with Gasteiger partial charge in [0.25, 0.3) is 0 Å². The van der Waals surface area contributed by atoms with E-state index in [0.717, 1.165) is 5.56 Å². The van der Waals surface area contributed by atoms with Crippen molar-refractivity contribution in [2.75, 3.05) is 0 Å². The Kier molecular flexibility index (Phi) is 2.50. The van der Waals surface area contributed by atoms with Gasteiger partial charge in [0.2, 0.25) is 0 Å². The monoisotopic (exact) mass is 278 g/mol. The Labute approximate surface area is 118 Å². The van der Waals surface area contributed by atoms with Crippen molar-refractivity contribution in [2.45, 2.75) is 6.54 Å². The molecule has 0 fully saturated rings. The molecule has 102 valence electrons. The summed E-state index contributed by atoms with van der Waals surface area (Å²) in [7, 11) is 0. The molecule has 0 spiro atoms. The first-order valence-corrected chi connectivity index (χ1v) is 6.42. The molecular weight excluding hydrogens is 268 g/mol. The Balaban J connectivity index is 2.06. The Morgan fingerprint density at radius 2 is 1.76 bits per heavy atom. The van der Waals surface area contributed by atoms with Crippen LogP contribution in [0.1, 0.15) is 5.56 Å². The molecule has 7 nitrogen and oxygen atoms in total. The molecule has 0 saturated heterocycles. The minimum atomic E-state index is -0.278. The van der Waals surface area contributed by atoms with Crippen molar-refractivity contribution in [1.29, 1.82) is 0 Å². The van der Waals surface area contributed by atoms with E-state index in [1.807, 2.05) is 30.3 Å². The summed E-state index contributed by atoms with van der Waals surface area (Å²) in [6.45, 7) is 0.407. The van der Waals surface area contributed by atoms with E-state index in [9.17, 15) is 4.79 Å². The Bertz CT molecular complexity index is 989. The summed E-state index contributed by atoms with van der Waals surface area (Å²) in [5, 5.41) is 3.98. The zero-order chi connectivity index (χ0) is 14.2. The summed E-state index contributed by atoms with van der Waals surface area (Å²) in [5.74, 6) is 0. The molecule has 4 aromatic rings. The van der Waals surface area contributed by atoms with Crippen LogP contribution < -0.4 is 5.69 Å². The molecule has 3 aromatic heterocycles. The number of hydrogen-bond donors (Lipinski definition) is 0. The number of aromatic nitrogens is 6. The lowest BCUT2D eigenvalue weighted by atomic mass is 10.2. The van der Waals surface area contributed by atoms with Gasteiger partial charge in [0.15, 0.2) is 16.8 Å². The van der Waals surface area contributed by atoms with Crippen LogP contribution in [-0.2, 0) is 6.54 Å². The summed E-state index contributed by atoms with van der Waals surface area (Å²) in [6.07, 6.45) is 4.49. The van der Waals surface area contributed by atoms with E-state index < -0.39 is 0 Å². The quantitative estimate of drug-likeness (QED) is 0.544. The normalized spacial score (nSPS) is 11.2. The number of nitrogens with zero attached hydrogens (tertiary/aromatic N) is 6. The maximum atomic E-state index is 12.6. The molecule has 7 heteroatoms. The van der Waals surface area contributed by atoms with Gasteiger partial charge in [-0.1, -0.05) is 30.3 Å². The van der Waals surface area contributed by atoms with Crippen molar-refractivity contribution in [1.82, 2.24) is 29.1 Å². The Hall–Kier alpha value is -3.09. The molecule has 21 heavy (non-hydrogen) atoms. The fraction of sp³-hybridized carbons (Fsp3) is 0.0714. The Morgan fingerprint density at radius 3 is 2.62 bits per heavy atom. The average Bonchev–Trinajstić information content (AvgIpc) is 3.02. The van der Waals surface area contributed by atoms with Gasteiger partial charge in [0.05, 0.1) is 6.54 Å². The van der Waals surface area contributed by atoms with E-state index in [1.165, 1.54) is 10.8 Å². The molecule has 0 saturated carbocycles. The highest BCUT2D eigenvalue weighted by Gasteiger charge is 2.14. The van der Waals surface area contributed by atoms with Gasteiger partial charge >= 0.3 is 5.69 Å². The first-order chi connectivity index (χ1) is 10.3. The third-order valence-corrected chi connectivity index (χ3v) is 3.29. The second-order valence-corrected chi connectivity index (χ2v) is 4.58. The summed E-state index contributed by atoms with van der Waals surface area (Å²) in [4.78, 5) is 25.2. The van der Waals surface area contributed by atoms with Crippen molar-refractivity contribution >= 4 is 16.8 Å². The maximum Gasteiger partial charge on any atom is 0.352 e. The highest BCUT2D eigenvalue weighted by molar-refractivity contribution is 5.84. The molecule has 4 rings (SSSR count). The van der Waals surface area contributed by atoms with Gasteiger partial charge in [-0.2, -0.15) is 9.61 Å². The van der Waals surface area contributed by atoms with Crippen LogP contribution in [-0.4, -0.2) is 29.1 Å². The molecule has 0 radical (unpaired) electrons. The minimum absolute atomic E-state index is 0.278. The molecule has 0 amide bonds. The second-order valence-electron chi connectivity index (χ2n) is 4.58. The Morgan fingerprint density at radius 1 is 0.952 bits per heavy atom.